The molecule has 3 aromatic rings. The topological polar surface area (TPSA) is 144 Å². The molecule has 0 aliphatic heterocycles. The Morgan fingerprint density at radius 1 is 1.03 bits per heavy atom. The van der Waals surface area contributed by atoms with E-state index in [-0.39, 0.29) is 12.8 Å². The lowest BCUT2D eigenvalue weighted by atomic mass is 10.2. The molecule has 3 aromatic heterocycles. The van der Waals surface area contributed by atoms with Gasteiger partial charge in [-0.3, -0.25) is 34.8 Å². The lowest BCUT2D eigenvalue weighted by molar-refractivity contribution is -0.121. The number of aromatic amines is 1. The van der Waals surface area contributed by atoms with Gasteiger partial charge >= 0.3 is 5.69 Å². The minimum Gasteiger partial charge on any atom is -0.466 e. The maximum absolute atomic E-state index is 12.7. The van der Waals surface area contributed by atoms with Crippen LogP contribution in [0, 0.1) is 13.8 Å². The molecular formula is C24H34N6O5. The summed E-state index contributed by atoms with van der Waals surface area (Å²) in [4.78, 5) is 56.9. The summed E-state index contributed by atoms with van der Waals surface area (Å²) in [5, 5.41) is 0. The van der Waals surface area contributed by atoms with E-state index in [1.807, 2.05) is 11.5 Å². The van der Waals surface area contributed by atoms with E-state index in [0.717, 1.165) is 32.1 Å². The van der Waals surface area contributed by atoms with Gasteiger partial charge in [-0.2, -0.15) is 0 Å². The van der Waals surface area contributed by atoms with E-state index >= 15 is 0 Å². The van der Waals surface area contributed by atoms with Gasteiger partial charge in [-0.1, -0.05) is 33.1 Å². The summed E-state index contributed by atoms with van der Waals surface area (Å²) in [5.41, 5.74) is 4.90. The fraction of sp³-hybridized carbons (Fsp3) is 0.542. The number of unbranched alkanes of at least 4 members (excludes halogenated alkanes) is 3. The third-order valence-corrected chi connectivity index (χ3v) is 5.86. The smallest absolute Gasteiger partial charge is 0.330 e. The van der Waals surface area contributed by atoms with E-state index in [4.69, 9.17) is 4.42 Å². The molecule has 0 radical (unpaired) electrons. The first kappa shape index (κ1) is 26.0. The number of H-pyrrole nitrogens is 1. The van der Waals surface area contributed by atoms with E-state index in [9.17, 15) is 19.2 Å². The highest BCUT2D eigenvalue weighted by atomic mass is 16.3. The summed E-state index contributed by atoms with van der Waals surface area (Å²) >= 11 is 0. The van der Waals surface area contributed by atoms with Gasteiger partial charge in [0.2, 0.25) is 5.91 Å². The minimum absolute atomic E-state index is 0.0396. The molecule has 0 aliphatic carbocycles. The first-order valence-electron chi connectivity index (χ1n) is 12.1. The van der Waals surface area contributed by atoms with Crippen molar-refractivity contribution in [1.82, 2.24) is 30.0 Å². The van der Waals surface area contributed by atoms with Gasteiger partial charge < -0.3 is 8.98 Å². The molecular weight excluding hydrogens is 452 g/mol. The predicted molar refractivity (Wildman–Crippen MR) is 131 cm³/mol. The Morgan fingerprint density at radius 3 is 2.40 bits per heavy atom. The zero-order valence-corrected chi connectivity index (χ0v) is 20.8. The second kappa shape index (κ2) is 11.7. The van der Waals surface area contributed by atoms with Crippen molar-refractivity contribution in [2.24, 2.45) is 0 Å². The van der Waals surface area contributed by atoms with Crippen LogP contribution in [-0.4, -0.2) is 30.9 Å². The van der Waals surface area contributed by atoms with Gasteiger partial charge in [0, 0.05) is 25.9 Å². The molecule has 3 heterocycles. The van der Waals surface area contributed by atoms with Crippen LogP contribution in [-0.2, 0) is 24.3 Å². The number of aromatic nitrogens is 4. The van der Waals surface area contributed by atoms with Crippen LogP contribution < -0.4 is 22.1 Å². The number of carbonyl (C=O) groups excluding carboxylic acids is 2. The second-order valence-corrected chi connectivity index (χ2v) is 8.65. The second-order valence-electron chi connectivity index (χ2n) is 8.65. The molecule has 0 fully saturated rings. The highest BCUT2D eigenvalue weighted by Gasteiger charge is 2.19. The van der Waals surface area contributed by atoms with Crippen molar-refractivity contribution >= 4 is 23.0 Å². The Balaban J connectivity index is 1.79. The molecule has 2 amide bonds. The van der Waals surface area contributed by atoms with Crippen LogP contribution in [0.25, 0.3) is 11.2 Å². The molecule has 190 valence electrons. The Hall–Kier alpha value is -3.63. The van der Waals surface area contributed by atoms with Crippen LogP contribution in [0.4, 0.5) is 0 Å². The van der Waals surface area contributed by atoms with Crippen LogP contribution >= 0.6 is 0 Å². The number of rotatable bonds is 11. The fourth-order valence-corrected chi connectivity index (χ4v) is 4.03. The summed E-state index contributed by atoms with van der Waals surface area (Å²) in [6.07, 6.45) is 4.78. The van der Waals surface area contributed by atoms with Crippen molar-refractivity contribution in [3.05, 3.63) is 49.8 Å². The molecule has 0 atom stereocenters. The molecule has 35 heavy (non-hydrogen) atoms. The summed E-state index contributed by atoms with van der Waals surface area (Å²) < 4.78 is 8.66. The van der Waals surface area contributed by atoms with Gasteiger partial charge in [-0.25, -0.2) is 9.78 Å². The number of nitrogens with one attached hydrogen (secondary N) is 3. The maximum Gasteiger partial charge on any atom is 0.330 e. The number of fused-ring (bicyclic) bond motifs is 1. The lowest BCUT2D eigenvalue weighted by Crippen LogP contribution is -2.41. The Bertz CT molecular complexity index is 1310. The van der Waals surface area contributed by atoms with Crippen molar-refractivity contribution in [1.29, 1.82) is 0 Å². The van der Waals surface area contributed by atoms with Crippen molar-refractivity contribution in [3.63, 3.8) is 0 Å². The number of imidazole rings is 1. The van der Waals surface area contributed by atoms with Crippen LogP contribution in [0.2, 0.25) is 0 Å². The highest BCUT2D eigenvalue weighted by molar-refractivity contribution is 5.96. The standard InChI is InChI=1S/C24H34N6O5/c1-5-7-9-13-29-18(25-21-20(29)23(33)26-24(34)30(21)12-8-6-2)10-11-19(31)27-28-22(32)17-14-15(3)35-16(17)4/h14H,5-13H2,1-4H3,(H,27,31)(H,28,32)(H,26,33,34). The van der Waals surface area contributed by atoms with E-state index < -0.39 is 23.1 Å². The lowest BCUT2D eigenvalue weighted by Gasteiger charge is -2.10. The van der Waals surface area contributed by atoms with Gasteiger partial charge in [-0.05, 0) is 32.8 Å². The average Bonchev–Trinajstić information content (AvgIpc) is 3.35. The Kier molecular flexibility index (Phi) is 8.67. The molecule has 0 aliphatic rings. The van der Waals surface area contributed by atoms with E-state index in [1.165, 1.54) is 4.57 Å². The van der Waals surface area contributed by atoms with Crippen LogP contribution in [0.5, 0.6) is 0 Å². The molecule has 3 rings (SSSR count). The molecule has 11 heteroatoms. The summed E-state index contributed by atoms with van der Waals surface area (Å²) in [6, 6.07) is 1.60. The third-order valence-electron chi connectivity index (χ3n) is 5.86. The van der Waals surface area contributed by atoms with E-state index in [2.05, 4.69) is 27.7 Å². The number of hydrogen-bond acceptors (Lipinski definition) is 6. The molecule has 11 nitrogen and oxygen atoms in total. The van der Waals surface area contributed by atoms with Gasteiger partial charge in [0.25, 0.3) is 11.5 Å². The fourth-order valence-electron chi connectivity index (χ4n) is 4.03. The number of aryl methyl sites for hydroxylation is 5. The molecule has 0 bridgehead atoms. The summed E-state index contributed by atoms with van der Waals surface area (Å²) in [5.74, 6) is 0.759. The normalized spacial score (nSPS) is 11.2. The predicted octanol–water partition coefficient (Wildman–Crippen LogP) is 2.48. The monoisotopic (exact) mass is 486 g/mol. The van der Waals surface area contributed by atoms with E-state index in [0.29, 0.717) is 47.2 Å². The third kappa shape index (κ3) is 6.09. The molecule has 0 aromatic carbocycles. The summed E-state index contributed by atoms with van der Waals surface area (Å²) in [6.45, 7) is 8.54. The number of nitrogens with zero attached hydrogens (tertiary/aromatic N) is 3. The number of carbonyl (C=O) groups is 2. The first-order chi connectivity index (χ1) is 16.8. The van der Waals surface area contributed by atoms with Crippen molar-refractivity contribution in [2.45, 2.75) is 85.7 Å². The minimum atomic E-state index is -0.481. The number of hydrazine groups is 1. The molecule has 0 saturated carbocycles. The zero-order valence-electron chi connectivity index (χ0n) is 20.8. The Labute approximate surface area is 202 Å². The van der Waals surface area contributed by atoms with Gasteiger partial charge in [0.1, 0.15) is 17.3 Å². The van der Waals surface area contributed by atoms with Gasteiger partial charge in [-0.15, -0.1) is 0 Å². The van der Waals surface area contributed by atoms with Crippen molar-refractivity contribution < 1.29 is 14.0 Å². The summed E-state index contributed by atoms with van der Waals surface area (Å²) in [7, 11) is 0. The van der Waals surface area contributed by atoms with Gasteiger partial charge in [0.05, 0.1) is 5.56 Å². The maximum atomic E-state index is 12.7. The average molecular weight is 487 g/mol. The first-order valence-corrected chi connectivity index (χ1v) is 12.1. The largest absolute Gasteiger partial charge is 0.466 e. The van der Waals surface area contributed by atoms with Crippen molar-refractivity contribution in [2.75, 3.05) is 0 Å². The van der Waals surface area contributed by atoms with Crippen molar-refractivity contribution in [3.8, 4) is 0 Å². The van der Waals surface area contributed by atoms with Crippen LogP contribution in [0.1, 0.15) is 80.1 Å². The Morgan fingerprint density at radius 2 is 1.74 bits per heavy atom. The highest BCUT2D eigenvalue weighted by Crippen LogP contribution is 2.16. The van der Waals surface area contributed by atoms with Crippen LogP contribution in [0.3, 0.4) is 0 Å². The molecule has 3 N–H and O–H groups in total. The zero-order chi connectivity index (χ0) is 25.5. The number of amides is 2. The number of hydrogen-bond donors (Lipinski definition) is 3. The quantitative estimate of drug-likeness (QED) is 0.281. The SMILES string of the molecule is CCCCCn1c(CCC(=O)NNC(=O)c2cc(C)oc2C)nc2c1c(=O)[nH]c(=O)n2CCCC. The number of furan rings is 1. The van der Waals surface area contributed by atoms with Crippen LogP contribution in [0.15, 0.2) is 20.1 Å². The molecule has 0 spiro atoms. The van der Waals surface area contributed by atoms with Gasteiger partial charge in [0.15, 0.2) is 11.2 Å². The molecule has 0 saturated heterocycles. The van der Waals surface area contributed by atoms with E-state index in [1.54, 1.807) is 19.9 Å². The molecule has 0 unspecified atom stereocenters.